The zero-order valence-corrected chi connectivity index (χ0v) is 13.1. The van der Waals surface area contributed by atoms with Crippen molar-refractivity contribution in [3.8, 4) is 0 Å². The lowest BCUT2D eigenvalue weighted by Gasteiger charge is -2.12. The molecule has 0 bridgehead atoms. The summed E-state index contributed by atoms with van der Waals surface area (Å²) < 4.78 is 1.85. The molecule has 5 nitrogen and oxygen atoms in total. The molecule has 0 saturated carbocycles. The number of halogens is 2. The van der Waals surface area contributed by atoms with Crippen LogP contribution in [0.15, 0.2) is 29.8 Å². The number of thioether (sulfide) groups is 1. The van der Waals surface area contributed by atoms with E-state index in [9.17, 15) is 4.79 Å². The fraction of sp³-hybridized carbons (Fsp3) is 0.250. The van der Waals surface area contributed by atoms with Crippen LogP contribution in [0.1, 0.15) is 6.92 Å². The number of carbonyl (C=O) groups is 1. The molecule has 1 atom stereocenters. The minimum Gasteiger partial charge on any atom is -0.329 e. The molecule has 20 heavy (non-hydrogen) atoms. The molecular weight excluding hydrogens is 319 g/mol. The van der Waals surface area contributed by atoms with Gasteiger partial charge in [0.15, 0.2) is 11.0 Å². The Hall–Kier alpha value is -1.24. The number of imidazole rings is 1. The number of aryl methyl sites for hydroxylation is 1. The molecule has 0 spiro atoms. The number of rotatable bonds is 4. The number of hydrogen-bond donors (Lipinski definition) is 1. The monoisotopic (exact) mass is 330 g/mol. The Balaban J connectivity index is 2.02. The summed E-state index contributed by atoms with van der Waals surface area (Å²) in [4.78, 5) is 20.2. The second kappa shape index (κ2) is 6.47. The van der Waals surface area contributed by atoms with Crippen LogP contribution in [0, 0.1) is 0 Å². The molecule has 1 amide bonds. The third-order valence-electron chi connectivity index (χ3n) is 2.48. The first-order valence-corrected chi connectivity index (χ1v) is 7.37. The lowest BCUT2D eigenvalue weighted by molar-refractivity contribution is -0.115. The van der Waals surface area contributed by atoms with Gasteiger partial charge >= 0.3 is 0 Å². The molecule has 0 aliphatic rings. The number of anilines is 1. The average molecular weight is 331 g/mol. The minimum atomic E-state index is -0.329. The Labute approximate surface area is 130 Å². The van der Waals surface area contributed by atoms with Gasteiger partial charge < -0.3 is 9.88 Å². The summed E-state index contributed by atoms with van der Waals surface area (Å²) in [6.07, 6.45) is 4.94. The van der Waals surface area contributed by atoms with Gasteiger partial charge in [0.25, 0.3) is 0 Å². The smallest absolute Gasteiger partial charge is 0.238 e. The molecule has 106 valence electrons. The first-order valence-electron chi connectivity index (χ1n) is 5.73. The largest absolute Gasteiger partial charge is 0.329 e. The highest BCUT2D eigenvalue weighted by molar-refractivity contribution is 8.00. The van der Waals surface area contributed by atoms with Gasteiger partial charge in [-0.25, -0.2) is 9.97 Å². The third kappa shape index (κ3) is 3.65. The van der Waals surface area contributed by atoms with Crippen LogP contribution in [0.25, 0.3) is 0 Å². The van der Waals surface area contributed by atoms with Gasteiger partial charge in [-0.1, -0.05) is 35.0 Å². The lowest BCUT2D eigenvalue weighted by Crippen LogP contribution is -2.23. The van der Waals surface area contributed by atoms with Crippen molar-refractivity contribution in [1.82, 2.24) is 14.5 Å². The van der Waals surface area contributed by atoms with Crippen molar-refractivity contribution >= 4 is 46.7 Å². The molecule has 0 fully saturated rings. The predicted octanol–water partition coefficient (Wildman–Crippen LogP) is 3.24. The van der Waals surface area contributed by atoms with Crippen molar-refractivity contribution in [3.05, 3.63) is 34.7 Å². The number of pyridine rings is 1. The molecule has 0 aromatic carbocycles. The van der Waals surface area contributed by atoms with Crippen LogP contribution in [0.5, 0.6) is 0 Å². The summed E-state index contributed by atoms with van der Waals surface area (Å²) in [6.45, 7) is 1.79. The lowest BCUT2D eigenvalue weighted by atomic mass is 10.4. The average Bonchev–Trinajstić information content (AvgIpc) is 2.78. The number of amides is 1. The Morgan fingerprint density at radius 2 is 2.20 bits per heavy atom. The highest BCUT2D eigenvalue weighted by atomic mass is 35.5. The molecule has 2 rings (SSSR count). The Morgan fingerprint density at radius 1 is 1.45 bits per heavy atom. The molecule has 2 heterocycles. The van der Waals surface area contributed by atoms with Gasteiger partial charge in [0, 0.05) is 25.6 Å². The fourth-order valence-corrected chi connectivity index (χ4v) is 2.66. The van der Waals surface area contributed by atoms with Gasteiger partial charge in [0.2, 0.25) is 5.91 Å². The van der Waals surface area contributed by atoms with Crippen molar-refractivity contribution < 1.29 is 4.79 Å². The van der Waals surface area contributed by atoms with Crippen LogP contribution < -0.4 is 5.32 Å². The molecule has 2 aromatic heterocycles. The van der Waals surface area contributed by atoms with Gasteiger partial charge in [-0.05, 0) is 13.0 Å². The Kier molecular flexibility index (Phi) is 4.91. The number of aromatic nitrogens is 3. The maximum atomic E-state index is 12.1. The topological polar surface area (TPSA) is 59.8 Å². The molecule has 0 aliphatic carbocycles. The van der Waals surface area contributed by atoms with Crippen LogP contribution >= 0.6 is 35.0 Å². The number of carbonyl (C=O) groups excluding carboxylic acids is 1. The Bertz CT molecular complexity index is 632. The number of nitrogens with zero attached hydrogens (tertiary/aromatic N) is 3. The van der Waals surface area contributed by atoms with Crippen molar-refractivity contribution in [1.29, 1.82) is 0 Å². The van der Waals surface area contributed by atoms with E-state index < -0.39 is 0 Å². The molecule has 0 unspecified atom stereocenters. The maximum Gasteiger partial charge on any atom is 0.238 e. The molecule has 0 aliphatic heterocycles. The zero-order valence-electron chi connectivity index (χ0n) is 10.8. The van der Waals surface area contributed by atoms with Gasteiger partial charge in [-0.3, -0.25) is 4.79 Å². The highest BCUT2D eigenvalue weighted by Crippen LogP contribution is 2.25. The maximum absolute atomic E-state index is 12.1. The summed E-state index contributed by atoms with van der Waals surface area (Å²) >= 11 is 13.1. The summed E-state index contributed by atoms with van der Waals surface area (Å²) in [5.41, 5.74) is 0. The van der Waals surface area contributed by atoms with E-state index in [1.54, 1.807) is 13.1 Å². The van der Waals surface area contributed by atoms with E-state index in [1.165, 1.54) is 24.0 Å². The van der Waals surface area contributed by atoms with Crippen molar-refractivity contribution in [2.45, 2.75) is 17.3 Å². The molecule has 1 N–H and O–H groups in total. The van der Waals surface area contributed by atoms with Crippen LogP contribution in [0.3, 0.4) is 0 Å². The SMILES string of the molecule is C[C@H](Sc1nccn1C)C(=O)Nc1ncc(Cl)cc1Cl. The molecule has 0 saturated heterocycles. The highest BCUT2D eigenvalue weighted by Gasteiger charge is 2.18. The molecule has 8 heteroatoms. The molecular formula is C12H12Cl2N4OS. The summed E-state index contributed by atoms with van der Waals surface area (Å²) in [5.74, 6) is 0.100. The second-order valence-corrected chi connectivity index (χ2v) is 6.21. The van der Waals surface area contributed by atoms with Crippen molar-refractivity contribution in [2.24, 2.45) is 7.05 Å². The normalized spacial score (nSPS) is 12.2. The summed E-state index contributed by atoms with van der Waals surface area (Å²) in [7, 11) is 1.87. The third-order valence-corrected chi connectivity index (χ3v) is 4.14. The van der Waals surface area contributed by atoms with Crippen LogP contribution in [-0.4, -0.2) is 25.7 Å². The van der Waals surface area contributed by atoms with E-state index in [1.807, 2.05) is 17.8 Å². The quantitative estimate of drug-likeness (QED) is 0.874. The first kappa shape index (κ1) is 15.2. The fourth-order valence-electron chi connectivity index (χ4n) is 1.40. The van der Waals surface area contributed by atoms with Gasteiger partial charge in [-0.2, -0.15) is 0 Å². The minimum absolute atomic E-state index is 0.199. The number of hydrogen-bond acceptors (Lipinski definition) is 4. The predicted molar refractivity (Wildman–Crippen MR) is 81.4 cm³/mol. The van der Waals surface area contributed by atoms with Crippen LogP contribution in [-0.2, 0) is 11.8 Å². The van der Waals surface area contributed by atoms with Gasteiger partial charge in [-0.15, -0.1) is 0 Å². The van der Waals surface area contributed by atoms with Crippen molar-refractivity contribution in [3.63, 3.8) is 0 Å². The number of nitrogens with one attached hydrogen (secondary N) is 1. The van der Waals surface area contributed by atoms with Crippen LogP contribution in [0.2, 0.25) is 10.0 Å². The zero-order chi connectivity index (χ0) is 14.7. The Morgan fingerprint density at radius 3 is 2.80 bits per heavy atom. The van der Waals surface area contributed by atoms with E-state index in [-0.39, 0.29) is 11.2 Å². The molecule has 0 radical (unpaired) electrons. The summed E-state index contributed by atoms with van der Waals surface area (Å²) in [6, 6.07) is 1.53. The van der Waals surface area contributed by atoms with E-state index in [2.05, 4.69) is 15.3 Å². The van der Waals surface area contributed by atoms with E-state index in [4.69, 9.17) is 23.2 Å². The van der Waals surface area contributed by atoms with Gasteiger partial charge in [0.1, 0.15) is 0 Å². The first-order chi connectivity index (χ1) is 9.47. The van der Waals surface area contributed by atoms with E-state index >= 15 is 0 Å². The van der Waals surface area contributed by atoms with Crippen molar-refractivity contribution in [2.75, 3.05) is 5.32 Å². The molecule has 2 aromatic rings. The standard InChI is InChI=1S/C12H12Cl2N4OS/c1-7(20-12-15-3-4-18(12)2)11(19)17-10-9(14)5-8(13)6-16-10/h3-7H,1-2H3,(H,16,17,19)/t7-/m0/s1. The van der Waals surface area contributed by atoms with Gasteiger partial charge in [0.05, 0.1) is 15.3 Å². The van der Waals surface area contributed by atoms with Crippen LogP contribution in [0.4, 0.5) is 5.82 Å². The van der Waals surface area contributed by atoms with E-state index in [0.29, 0.717) is 15.9 Å². The van der Waals surface area contributed by atoms with E-state index in [0.717, 1.165) is 5.16 Å². The second-order valence-electron chi connectivity index (χ2n) is 4.05. The summed E-state index contributed by atoms with van der Waals surface area (Å²) in [5, 5.41) is 3.83.